The first-order valence-corrected chi connectivity index (χ1v) is 11.1. The summed E-state index contributed by atoms with van der Waals surface area (Å²) in [6.07, 6.45) is 10.9. The first-order valence-electron chi connectivity index (χ1n) is 9.61. The number of pyridine rings is 1. The van der Waals surface area contributed by atoms with Crippen molar-refractivity contribution in [2.24, 2.45) is 0 Å². The fraction of sp³-hybridized carbons (Fsp3) is 0.273. The summed E-state index contributed by atoms with van der Waals surface area (Å²) in [6, 6.07) is 5.76. The maximum Gasteiger partial charge on any atom is 0.263 e. The van der Waals surface area contributed by atoms with Crippen molar-refractivity contribution in [2.75, 3.05) is 0 Å². The molecule has 0 saturated heterocycles. The average Bonchev–Trinajstić information content (AvgIpc) is 3.20. The molecule has 0 saturated carbocycles. The van der Waals surface area contributed by atoms with Crippen LogP contribution >= 0.6 is 0 Å². The molecule has 0 aromatic carbocycles. The Morgan fingerprint density at radius 2 is 2.20 bits per heavy atom. The Morgan fingerprint density at radius 1 is 1.40 bits per heavy atom. The second-order valence-corrected chi connectivity index (χ2v) is 8.64. The minimum absolute atomic E-state index is 0.103. The molecule has 2 aromatic heterocycles. The Hall–Kier alpha value is -3.18. The number of allylic oxidation sites excluding steroid dienone is 5. The van der Waals surface area contributed by atoms with E-state index in [0.29, 0.717) is 12.8 Å². The lowest BCUT2D eigenvalue weighted by Crippen LogP contribution is -2.25. The molecule has 6 nitrogen and oxygen atoms in total. The maximum absolute atomic E-state index is 14.5. The molecule has 0 radical (unpaired) electrons. The zero-order valence-corrected chi connectivity index (χ0v) is 17.6. The number of nitrogens with zero attached hydrogens (tertiary/aromatic N) is 2. The molecule has 3 rings (SSSR count). The second kappa shape index (κ2) is 9.09. The van der Waals surface area contributed by atoms with Gasteiger partial charge in [0.15, 0.2) is 0 Å². The number of aromatic amines is 1. The van der Waals surface area contributed by atoms with Gasteiger partial charge in [0.1, 0.15) is 10.7 Å². The predicted octanol–water partition coefficient (Wildman–Crippen LogP) is 4.19. The molecule has 1 unspecified atom stereocenters. The highest BCUT2D eigenvalue weighted by atomic mass is 32.2. The minimum atomic E-state index is -3.99. The van der Waals surface area contributed by atoms with Crippen LogP contribution < -0.4 is 4.72 Å². The van der Waals surface area contributed by atoms with Crippen LogP contribution in [-0.4, -0.2) is 18.4 Å². The molecule has 0 aliphatic heterocycles. The maximum atomic E-state index is 14.5. The summed E-state index contributed by atoms with van der Waals surface area (Å²) in [4.78, 5) is 7.37. The third-order valence-electron chi connectivity index (χ3n) is 5.19. The summed E-state index contributed by atoms with van der Waals surface area (Å²) >= 11 is 0. The van der Waals surface area contributed by atoms with Crippen molar-refractivity contribution in [2.45, 2.75) is 43.9 Å². The van der Waals surface area contributed by atoms with Gasteiger partial charge in [0.05, 0.1) is 17.3 Å². The molecular weight excluding hydrogens is 403 g/mol. The zero-order valence-electron chi connectivity index (χ0n) is 16.8. The lowest BCUT2D eigenvalue weighted by Gasteiger charge is -2.23. The molecule has 0 fully saturated rings. The number of sulfonamides is 1. The number of hydrogen-bond donors (Lipinski definition) is 2. The van der Waals surface area contributed by atoms with Crippen molar-refractivity contribution in [1.29, 1.82) is 5.26 Å². The van der Waals surface area contributed by atoms with Crippen LogP contribution in [0.25, 0.3) is 0 Å². The zero-order chi connectivity index (χ0) is 21.7. The van der Waals surface area contributed by atoms with E-state index in [1.807, 2.05) is 24.4 Å². The predicted molar refractivity (Wildman–Crippen MR) is 112 cm³/mol. The van der Waals surface area contributed by atoms with Crippen LogP contribution in [0.2, 0.25) is 0 Å². The number of fused-ring (bicyclic) bond motifs is 1. The molecule has 0 bridgehead atoms. The summed E-state index contributed by atoms with van der Waals surface area (Å²) < 4.78 is 42.7. The number of aromatic nitrogens is 2. The molecule has 1 aliphatic carbocycles. The van der Waals surface area contributed by atoms with E-state index < -0.39 is 15.9 Å². The van der Waals surface area contributed by atoms with Crippen LogP contribution in [0.1, 0.15) is 43.0 Å². The van der Waals surface area contributed by atoms with Crippen LogP contribution in [0.3, 0.4) is 0 Å². The van der Waals surface area contributed by atoms with Crippen molar-refractivity contribution >= 4 is 10.0 Å². The highest BCUT2D eigenvalue weighted by molar-refractivity contribution is 7.89. The second-order valence-electron chi connectivity index (χ2n) is 6.99. The highest BCUT2D eigenvalue weighted by Gasteiger charge is 2.29. The lowest BCUT2D eigenvalue weighted by molar-refractivity contribution is 0.564. The van der Waals surface area contributed by atoms with Crippen molar-refractivity contribution in [3.63, 3.8) is 0 Å². The quantitative estimate of drug-likeness (QED) is 0.534. The third-order valence-corrected chi connectivity index (χ3v) is 6.62. The Balaban J connectivity index is 1.83. The summed E-state index contributed by atoms with van der Waals surface area (Å²) in [7, 11) is -3.99. The van der Waals surface area contributed by atoms with Gasteiger partial charge in [-0.05, 0) is 62.3 Å². The van der Waals surface area contributed by atoms with E-state index in [4.69, 9.17) is 5.26 Å². The monoisotopic (exact) mass is 426 g/mol. The molecule has 2 aromatic rings. The number of H-pyrrole nitrogens is 1. The number of hydrogen-bond acceptors (Lipinski definition) is 4. The van der Waals surface area contributed by atoms with Gasteiger partial charge in [0, 0.05) is 24.3 Å². The number of nitrogens with one attached hydrogen (secondary N) is 2. The highest BCUT2D eigenvalue weighted by Crippen LogP contribution is 2.35. The van der Waals surface area contributed by atoms with Gasteiger partial charge in [-0.15, -0.1) is 0 Å². The van der Waals surface area contributed by atoms with Gasteiger partial charge in [0.25, 0.3) is 10.0 Å². The van der Waals surface area contributed by atoms with Crippen LogP contribution in [0.4, 0.5) is 4.39 Å². The van der Waals surface area contributed by atoms with Gasteiger partial charge in [-0.1, -0.05) is 18.2 Å². The van der Waals surface area contributed by atoms with Gasteiger partial charge in [-0.2, -0.15) is 5.26 Å². The topological polar surface area (TPSA) is 98.6 Å². The standard InChI is InChI=1S/C22H23FN4O2S/c1-3-15(12-24)10-19(23)20(4-2)27-30(28,29)22-14-26-21-11-16(7-8-18(21)22)17-6-5-9-25-13-17/h3-6,9-10,13-14,16,26-27H,7-8,11H2,1-2H3/b15-3+,19-10+,20-4+. The molecule has 0 spiro atoms. The molecule has 30 heavy (non-hydrogen) atoms. The molecule has 1 aliphatic rings. The Kier molecular flexibility index (Phi) is 6.53. The molecule has 1 atom stereocenters. The van der Waals surface area contributed by atoms with E-state index in [-0.39, 0.29) is 22.1 Å². The summed E-state index contributed by atoms with van der Waals surface area (Å²) in [5.41, 5.74) is 2.62. The van der Waals surface area contributed by atoms with E-state index in [9.17, 15) is 12.8 Å². The Morgan fingerprint density at radius 3 is 2.83 bits per heavy atom. The van der Waals surface area contributed by atoms with E-state index in [1.54, 1.807) is 13.1 Å². The normalized spacial score (nSPS) is 17.9. The molecule has 2 heterocycles. The minimum Gasteiger partial charge on any atom is -0.363 e. The van der Waals surface area contributed by atoms with E-state index >= 15 is 0 Å². The molecule has 8 heteroatoms. The van der Waals surface area contributed by atoms with Crippen LogP contribution in [0.5, 0.6) is 0 Å². The Bertz CT molecular complexity index is 1160. The van der Waals surface area contributed by atoms with E-state index in [0.717, 1.165) is 29.3 Å². The summed E-state index contributed by atoms with van der Waals surface area (Å²) in [6.45, 7) is 3.13. The summed E-state index contributed by atoms with van der Waals surface area (Å²) in [5.74, 6) is -0.554. The molecule has 2 N–H and O–H groups in total. The van der Waals surface area contributed by atoms with Crippen molar-refractivity contribution < 1.29 is 12.8 Å². The first kappa shape index (κ1) is 21.5. The fourth-order valence-electron chi connectivity index (χ4n) is 3.58. The van der Waals surface area contributed by atoms with Gasteiger partial charge < -0.3 is 4.98 Å². The van der Waals surface area contributed by atoms with Crippen LogP contribution in [0, 0.1) is 11.3 Å². The molecule has 0 amide bonds. The van der Waals surface area contributed by atoms with Gasteiger partial charge in [-0.3, -0.25) is 9.71 Å². The Labute approximate surface area is 175 Å². The van der Waals surface area contributed by atoms with Crippen molar-refractivity contribution in [3.05, 3.63) is 82.9 Å². The van der Waals surface area contributed by atoms with E-state index in [2.05, 4.69) is 14.7 Å². The van der Waals surface area contributed by atoms with Crippen LogP contribution in [0.15, 0.2) is 70.9 Å². The van der Waals surface area contributed by atoms with Gasteiger partial charge >= 0.3 is 0 Å². The smallest absolute Gasteiger partial charge is 0.263 e. The van der Waals surface area contributed by atoms with Crippen LogP contribution in [-0.2, 0) is 22.9 Å². The molecular formula is C22H23FN4O2S. The lowest BCUT2D eigenvalue weighted by atomic mass is 9.84. The van der Waals surface area contributed by atoms with E-state index in [1.165, 1.54) is 25.3 Å². The van der Waals surface area contributed by atoms with Crippen molar-refractivity contribution in [1.82, 2.24) is 14.7 Å². The fourth-order valence-corrected chi connectivity index (χ4v) is 4.96. The number of halogens is 1. The SMILES string of the molecule is C\C=C(C#N)/C=C(F)\C(=C/C)NS(=O)(=O)c1c[nH]c2c1CCC(c1cccnc1)C2. The van der Waals surface area contributed by atoms with Gasteiger partial charge in [-0.25, -0.2) is 12.8 Å². The summed E-state index contributed by atoms with van der Waals surface area (Å²) in [5, 5.41) is 8.95. The average molecular weight is 427 g/mol. The van der Waals surface area contributed by atoms with Crippen molar-refractivity contribution in [3.8, 4) is 6.07 Å². The van der Waals surface area contributed by atoms with Gasteiger partial charge in [0.2, 0.25) is 0 Å². The third kappa shape index (κ3) is 4.52. The molecule has 156 valence electrons. The number of rotatable bonds is 6. The first-order chi connectivity index (χ1) is 14.4. The largest absolute Gasteiger partial charge is 0.363 e. The number of nitriles is 1.